The third kappa shape index (κ3) is 4.77. The first-order valence-corrected chi connectivity index (χ1v) is 18.0. The predicted molar refractivity (Wildman–Crippen MR) is 181 cm³/mol. The molecular weight excluding hydrogens is 556 g/mol. The van der Waals surface area contributed by atoms with Crippen molar-refractivity contribution >= 4 is 5.97 Å². The Kier molecular flexibility index (Phi) is 8.55. The van der Waals surface area contributed by atoms with Crippen LogP contribution in [0.25, 0.3) is 0 Å². The van der Waals surface area contributed by atoms with Crippen molar-refractivity contribution in [1.29, 1.82) is 0 Å². The van der Waals surface area contributed by atoms with Gasteiger partial charge in [-0.1, -0.05) is 103 Å². The van der Waals surface area contributed by atoms with Gasteiger partial charge in [0.25, 0.3) is 0 Å². The molecule has 0 aromatic heterocycles. The van der Waals surface area contributed by atoms with Gasteiger partial charge in [-0.05, 0) is 89.9 Å². The van der Waals surface area contributed by atoms with Crippen LogP contribution in [0.5, 0.6) is 0 Å². The molecule has 1 saturated heterocycles. The van der Waals surface area contributed by atoms with Crippen LogP contribution < -0.4 is 0 Å². The van der Waals surface area contributed by atoms with Gasteiger partial charge < -0.3 is 14.2 Å². The summed E-state index contributed by atoms with van der Waals surface area (Å²) in [5.41, 5.74) is 2.46. The number of rotatable bonds is 8. The van der Waals surface area contributed by atoms with E-state index in [4.69, 9.17) is 14.2 Å². The molecule has 11 atom stereocenters. The van der Waals surface area contributed by atoms with Gasteiger partial charge in [-0.25, -0.2) is 0 Å². The summed E-state index contributed by atoms with van der Waals surface area (Å²) in [6, 6.07) is 10.2. The van der Waals surface area contributed by atoms with Gasteiger partial charge in [-0.3, -0.25) is 4.79 Å². The van der Waals surface area contributed by atoms with Crippen LogP contribution in [0.2, 0.25) is 0 Å². The SMILES string of the molecule is C=CCO[C@H]1[C@H](C)C[C@@]23COC[C@]1(C)[C@@H]2CC[C@H]1C3=CC[C@@]2(C)[C@H](C(=O)OCc3ccccc3)[C@@](C)([C@H](C)C(C)C)CC[C@]12C. The molecule has 0 amide bonds. The molecule has 4 heteroatoms. The number of benzene rings is 1. The number of esters is 1. The predicted octanol–water partition coefficient (Wildman–Crippen LogP) is 9.44. The van der Waals surface area contributed by atoms with E-state index in [0.29, 0.717) is 42.8 Å². The summed E-state index contributed by atoms with van der Waals surface area (Å²) >= 11 is 0. The van der Waals surface area contributed by atoms with Crippen LogP contribution >= 0.6 is 0 Å². The molecule has 0 unspecified atom stereocenters. The summed E-state index contributed by atoms with van der Waals surface area (Å²) in [5, 5.41) is 0. The van der Waals surface area contributed by atoms with Crippen molar-refractivity contribution in [3.8, 4) is 0 Å². The fraction of sp³-hybridized carbons (Fsp3) is 0.732. The van der Waals surface area contributed by atoms with Gasteiger partial charge >= 0.3 is 5.97 Å². The van der Waals surface area contributed by atoms with E-state index in [2.05, 4.69) is 80.2 Å². The van der Waals surface area contributed by atoms with Crippen molar-refractivity contribution in [2.24, 2.45) is 62.6 Å². The lowest BCUT2D eigenvalue weighted by Gasteiger charge is -2.71. The molecule has 248 valence electrons. The molecule has 0 radical (unpaired) electrons. The Morgan fingerprint density at radius 2 is 1.78 bits per heavy atom. The van der Waals surface area contributed by atoms with Crippen molar-refractivity contribution < 1.29 is 19.0 Å². The topological polar surface area (TPSA) is 44.8 Å². The number of carbonyl (C=O) groups is 1. The minimum absolute atomic E-state index is 0.00595. The highest BCUT2D eigenvalue weighted by molar-refractivity contribution is 5.75. The Bertz CT molecular complexity index is 1300. The monoisotopic (exact) mass is 616 g/mol. The van der Waals surface area contributed by atoms with Crippen molar-refractivity contribution in [3.63, 3.8) is 0 Å². The first-order chi connectivity index (χ1) is 21.3. The Labute approximate surface area is 273 Å². The molecule has 5 aliphatic rings. The third-order valence-corrected chi connectivity index (χ3v) is 15.0. The maximum Gasteiger partial charge on any atom is 0.310 e. The quantitative estimate of drug-likeness (QED) is 0.216. The summed E-state index contributed by atoms with van der Waals surface area (Å²) in [6.45, 7) is 25.8. The van der Waals surface area contributed by atoms with E-state index in [0.717, 1.165) is 44.5 Å². The number of ether oxygens (including phenoxy) is 3. The van der Waals surface area contributed by atoms with Crippen LogP contribution in [0.4, 0.5) is 0 Å². The zero-order chi connectivity index (χ0) is 32.4. The van der Waals surface area contributed by atoms with Crippen LogP contribution in [0, 0.1) is 62.6 Å². The summed E-state index contributed by atoms with van der Waals surface area (Å²) < 4.78 is 19.4. The van der Waals surface area contributed by atoms with Crippen molar-refractivity contribution in [3.05, 3.63) is 60.2 Å². The summed E-state index contributed by atoms with van der Waals surface area (Å²) in [5.74, 6) is 2.22. The molecule has 1 aromatic rings. The molecule has 1 heterocycles. The van der Waals surface area contributed by atoms with Gasteiger partial charge in [-0.15, -0.1) is 6.58 Å². The summed E-state index contributed by atoms with van der Waals surface area (Å²) in [4.78, 5) is 14.6. The van der Waals surface area contributed by atoms with Gasteiger partial charge in [-0.2, -0.15) is 0 Å². The standard InChI is InChI=1S/C41H60O4/c1-10-22-44-35-28(4)23-41-26-43-25-38(35,7)33(41)17-16-31-32(41)18-19-40(9)34(36(42)45-24-30-14-12-11-13-15-30)37(6,29(5)27(2)3)20-21-39(31,40)8/h10-15,18,27-29,31,33-35H,1,16-17,19-26H2,2-9H3/t28-,29-,31+,33+,34-,35+,37-,38-,39-,40+,41+/m1/s1. The van der Waals surface area contributed by atoms with E-state index in [-0.39, 0.29) is 45.1 Å². The number of carbonyl (C=O) groups excluding carboxylic acids is 1. The van der Waals surface area contributed by atoms with Crippen LogP contribution in [0.1, 0.15) is 99.5 Å². The van der Waals surface area contributed by atoms with Crippen molar-refractivity contribution in [1.82, 2.24) is 0 Å². The van der Waals surface area contributed by atoms with Gasteiger partial charge in [0.1, 0.15) is 6.61 Å². The third-order valence-electron chi connectivity index (χ3n) is 15.0. The molecule has 0 N–H and O–H groups in total. The maximum atomic E-state index is 14.6. The minimum Gasteiger partial charge on any atom is -0.461 e. The van der Waals surface area contributed by atoms with E-state index < -0.39 is 0 Å². The minimum atomic E-state index is -0.191. The maximum absolute atomic E-state index is 14.6. The smallest absolute Gasteiger partial charge is 0.310 e. The van der Waals surface area contributed by atoms with Gasteiger partial charge in [0.05, 0.1) is 31.8 Å². The molecule has 3 saturated carbocycles. The molecule has 6 rings (SSSR count). The van der Waals surface area contributed by atoms with Gasteiger partial charge in [0.2, 0.25) is 0 Å². The normalized spacial score (nSPS) is 44.6. The Hall–Kier alpha value is -1.91. The average Bonchev–Trinajstić information content (AvgIpc) is 3.00. The molecular formula is C41H60O4. The highest BCUT2D eigenvalue weighted by Crippen LogP contribution is 2.75. The zero-order valence-corrected chi connectivity index (χ0v) is 29.5. The number of hydrogen-bond donors (Lipinski definition) is 0. The lowest BCUT2D eigenvalue weighted by molar-refractivity contribution is -0.249. The second-order valence-corrected chi connectivity index (χ2v) is 17.3. The number of allylic oxidation sites excluding steroid dienone is 1. The first kappa shape index (κ1) is 33.0. The second kappa shape index (κ2) is 11.7. The fourth-order valence-electron chi connectivity index (χ4n) is 12.3. The van der Waals surface area contributed by atoms with E-state index in [1.54, 1.807) is 5.57 Å². The number of fused-ring (bicyclic) bond motifs is 3. The summed E-state index contributed by atoms with van der Waals surface area (Å²) in [7, 11) is 0. The second-order valence-electron chi connectivity index (χ2n) is 17.3. The van der Waals surface area contributed by atoms with Gasteiger partial charge in [0.15, 0.2) is 0 Å². The zero-order valence-electron chi connectivity index (χ0n) is 29.5. The molecule has 1 aliphatic heterocycles. The molecule has 0 spiro atoms. The van der Waals surface area contributed by atoms with Crippen LogP contribution in [0.3, 0.4) is 0 Å². The van der Waals surface area contributed by atoms with E-state index in [1.165, 1.54) is 12.8 Å². The van der Waals surface area contributed by atoms with Crippen molar-refractivity contribution in [2.75, 3.05) is 19.8 Å². The largest absolute Gasteiger partial charge is 0.461 e. The van der Waals surface area contributed by atoms with Crippen LogP contribution in [0.15, 0.2) is 54.6 Å². The Morgan fingerprint density at radius 3 is 2.47 bits per heavy atom. The van der Waals surface area contributed by atoms with Gasteiger partial charge in [0, 0.05) is 10.8 Å². The molecule has 4 nitrogen and oxygen atoms in total. The molecule has 1 aromatic carbocycles. The van der Waals surface area contributed by atoms with E-state index in [9.17, 15) is 4.79 Å². The molecule has 4 fully saturated rings. The Balaban J connectivity index is 1.40. The molecule has 45 heavy (non-hydrogen) atoms. The lowest BCUT2D eigenvalue weighted by Crippen LogP contribution is -2.68. The van der Waals surface area contributed by atoms with E-state index in [1.807, 2.05) is 24.3 Å². The lowest BCUT2D eigenvalue weighted by atomic mass is 9.34. The summed E-state index contributed by atoms with van der Waals surface area (Å²) in [6.07, 6.45) is 11.4. The number of hydrogen-bond acceptors (Lipinski definition) is 4. The highest BCUT2D eigenvalue weighted by Gasteiger charge is 2.71. The van der Waals surface area contributed by atoms with Crippen LogP contribution in [-0.2, 0) is 25.6 Å². The average molecular weight is 617 g/mol. The highest BCUT2D eigenvalue weighted by atomic mass is 16.5. The van der Waals surface area contributed by atoms with E-state index >= 15 is 0 Å². The van der Waals surface area contributed by atoms with Crippen molar-refractivity contribution in [2.45, 2.75) is 107 Å². The fourth-order valence-corrected chi connectivity index (χ4v) is 12.3. The Morgan fingerprint density at radius 1 is 1.04 bits per heavy atom. The first-order valence-electron chi connectivity index (χ1n) is 18.0. The van der Waals surface area contributed by atoms with Crippen LogP contribution in [-0.4, -0.2) is 31.9 Å². The molecule has 2 bridgehead atoms. The molecule has 4 aliphatic carbocycles.